The number of nitrogens with two attached hydrogens (primary N) is 1. The van der Waals surface area contributed by atoms with Gasteiger partial charge in [0.1, 0.15) is 11.3 Å². The van der Waals surface area contributed by atoms with Gasteiger partial charge in [0.25, 0.3) is 0 Å². The Hall–Kier alpha value is -1.56. The second-order valence-corrected chi connectivity index (χ2v) is 5.73. The van der Waals surface area contributed by atoms with Crippen LogP contribution in [0.4, 0.5) is 0 Å². The van der Waals surface area contributed by atoms with Crippen LogP contribution in [0.1, 0.15) is 44.2 Å². The molecule has 2 aromatic heterocycles. The number of rotatable bonds is 7. The zero-order valence-corrected chi connectivity index (χ0v) is 13.5. The molecule has 0 spiro atoms. The topological polar surface area (TPSA) is 78.7 Å². The van der Waals surface area contributed by atoms with Gasteiger partial charge in [-0.1, -0.05) is 13.3 Å². The van der Waals surface area contributed by atoms with E-state index in [1.807, 2.05) is 18.7 Å². The third kappa shape index (κ3) is 3.05. The monoisotopic (exact) mass is 311 g/mol. The van der Waals surface area contributed by atoms with Gasteiger partial charge in [-0.3, -0.25) is 9.48 Å². The molecule has 116 valence electrons. The summed E-state index contributed by atoms with van der Waals surface area (Å²) >= 11 is 5.89. The summed E-state index contributed by atoms with van der Waals surface area (Å²) in [4.78, 5) is 16.0. The minimum atomic E-state index is -0.322. The van der Waals surface area contributed by atoms with Crippen LogP contribution in [0.25, 0.3) is 11.2 Å². The van der Waals surface area contributed by atoms with Crippen molar-refractivity contribution in [2.75, 3.05) is 5.88 Å². The Kier molecular flexibility index (Phi) is 4.88. The largest absolute Gasteiger partial charge is 0.370 e. The normalized spacial score (nSPS) is 13.0. The Morgan fingerprint density at radius 2 is 2.14 bits per heavy atom. The Morgan fingerprint density at radius 3 is 2.71 bits per heavy atom. The van der Waals surface area contributed by atoms with Gasteiger partial charge in [0.05, 0.1) is 5.69 Å². The summed E-state index contributed by atoms with van der Waals surface area (Å²) in [6, 6.07) is -0.0596. The number of alkyl halides is 1. The fourth-order valence-corrected chi connectivity index (χ4v) is 2.93. The highest BCUT2D eigenvalue weighted by Crippen LogP contribution is 2.26. The Labute approximate surface area is 129 Å². The van der Waals surface area contributed by atoms with Crippen LogP contribution < -0.4 is 5.73 Å². The number of nitrogens with zero attached hydrogens (tertiary/aromatic N) is 4. The van der Waals surface area contributed by atoms with E-state index in [-0.39, 0.29) is 18.4 Å². The highest BCUT2D eigenvalue weighted by Gasteiger charge is 2.22. The van der Waals surface area contributed by atoms with E-state index in [0.29, 0.717) is 12.3 Å². The number of primary amides is 1. The van der Waals surface area contributed by atoms with E-state index in [9.17, 15) is 4.79 Å². The smallest absolute Gasteiger partial charge is 0.219 e. The lowest BCUT2D eigenvalue weighted by molar-refractivity contribution is -0.118. The Morgan fingerprint density at radius 1 is 1.43 bits per heavy atom. The second-order valence-electron chi connectivity index (χ2n) is 5.35. The molecule has 0 fully saturated rings. The molecule has 0 aliphatic heterocycles. The predicted octanol–water partition coefficient (Wildman–Crippen LogP) is 1.94. The maximum atomic E-state index is 11.2. The molecule has 1 atom stereocenters. The van der Waals surface area contributed by atoms with Crippen molar-refractivity contribution in [3.8, 4) is 0 Å². The minimum Gasteiger partial charge on any atom is -0.370 e. The van der Waals surface area contributed by atoms with Crippen LogP contribution in [0.5, 0.6) is 0 Å². The number of imidazole rings is 1. The molecule has 6 nitrogen and oxygen atoms in total. The zero-order chi connectivity index (χ0) is 15.6. The third-order valence-electron chi connectivity index (χ3n) is 3.55. The lowest BCUT2D eigenvalue weighted by atomic mass is 10.2. The summed E-state index contributed by atoms with van der Waals surface area (Å²) in [7, 11) is 1.90. The molecular formula is C14H22ClN5O. The highest BCUT2D eigenvalue weighted by atomic mass is 35.5. The van der Waals surface area contributed by atoms with Crippen molar-refractivity contribution in [1.82, 2.24) is 19.3 Å². The van der Waals surface area contributed by atoms with Gasteiger partial charge in [-0.25, -0.2) is 4.98 Å². The molecule has 0 saturated carbocycles. The summed E-state index contributed by atoms with van der Waals surface area (Å²) < 4.78 is 3.89. The summed E-state index contributed by atoms with van der Waals surface area (Å²) in [5.74, 6) is 1.06. The van der Waals surface area contributed by atoms with E-state index in [4.69, 9.17) is 22.3 Å². The minimum absolute atomic E-state index is 0.0596. The van der Waals surface area contributed by atoms with Gasteiger partial charge in [0.15, 0.2) is 5.65 Å². The molecule has 0 saturated heterocycles. The van der Waals surface area contributed by atoms with E-state index in [1.165, 1.54) is 0 Å². The second kappa shape index (κ2) is 6.47. The third-order valence-corrected chi connectivity index (χ3v) is 3.74. The SMILES string of the molecule is CCCc1nn(C)c2c1nc(CCCl)n2C(C)CC(N)=O. The molecule has 2 heterocycles. The lowest BCUT2D eigenvalue weighted by Gasteiger charge is -2.16. The average molecular weight is 312 g/mol. The maximum absolute atomic E-state index is 11.2. The number of carbonyl (C=O) groups is 1. The average Bonchev–Trinajstić information content (AvgIpc) is 2.89. The van der Waals surface area contributed by atoms with Crippen molar-refractivity contribution < 1.29 is 4.79 Å². The van der Waals surface area contributed by atoms with Crippen LogP contribution in [0.15, 0.2) is 0 Å². The van der Waals surface area contributed by atoms with Gasteiger partial charge in [0.2, 0.25) is 5.91 Å². The van der Waals surface area contributed by atoms with Crippen molar-refractivity contribution in [1.29, 1.82) is 0 Å². The summed E-state index contributed by atoms with van der Waals surface area (Å²) in [6.07, 6.45) is 2.83. The van der Waals surface area contributed by atoms with E-state index in [2.05, 4.69) is 16.6 Å². The van der Waals surface area contributed by atoms with E-state index >= 15 is 0 Å². The number of hydrogen-bond donors (Lipinski definition) is 1. The van der Waals surface area contributed by atoms with Crippen molar-refractivity contribution in [2.45, 2.75) is 45.6 Å². The van der Waals surface area contributed by atoms with Crippen molar-refractivity contribution >= 4 is 28.7 Å². The van der Waals surface area contributed by atoms with Crippen molar-refractivity contribution in [2.24, 2.45) is 12.8 Å². The molecule has 7 heteroatoms. The molecule has 0 bridgehead atoms. The van der Waals surface area contributed by atoms with Crippen molar-refractivity contribution in [3.05, 3.63) is 11.5 Å². The van der Waals surface area contributed by atoms with Gasteiger partial charge in [-0.05, 0) is 13.3 Å². The number of amides is 1. The van der Waals surface area contributed by atoms with E-state index in [0.717, 1.165) is 35.5 Å². The van der Waals surface area contributed by atoms with Gasteiger partial charge >= 0.3 is 0 Å². The number of fused-ring (bicyclic) bond motifs is 1. The molecule has 1 unspecified atom stereocenters. The maximum Gasteiger partial charge on any atom is 0.219 e. The number of hydrogen-bond acceptors (Lipinski definition) is 3. The van der Waals surface area contributed by atoms with Crippen LogP contribution in [-0.2, 0) is 24.7 Å². The highest BCUT2D eigenvalue weighted by molar-refractivity contribution is 6.17. The number of carbonyl (C=O) groups excluding carboxylic acids is 1. The standard InChI is InChI=1S/C14H22ClN5O/c1-4-5-10-13-14(19(3)18-10)20(9(2)8-11(16)21)12(17-13)6-7-15/h9H,4-8H2,1-3H3,(H2,16,21). The van der Waals surface area contributed by atoms with E-state index < -0.39 is 0 Å². The quantitative estimate of drug-likeness (QED) is 0.794. The molecule has 1 amide bonds. The van der Waals surface area contributed by atoms with Crippen LogP contribution in [0.3, 0.4) is 0 Å². The molecule has 21 heavy (non-hydrogen) atoms. The zero-order valence-electron chi connectivity index (χ0n) is 12.8. The first-order valence-corrected chi connectivity index (χ1v) is 7.80. The first-order chi connectivity index (χ1) is 9.99. The van der Waals surface area contributed by atoms with Crippen LogP contribution in [0, 0.1) is 0 Å². The van der Waals surface area contributed by atoms with Crippen LogP contribution >= 0.6 is 11.6 Å². The molecular weight excluding hydrogens is 290 g/mol. The molecule has 0 radical (unpaired) electrons. The van der Waals surface area contributed by atoms with Gasteiger partial charge in [-0.15, -0.1) is 11.6 Å². The van der Waals surface area contributed by atoms with Crippen LogP contribution in [-0.4, -0.2) is 31.1 Å². The van der Waals surface area contributed by atoms with E-state index in [1.54, 1.807) is 0 Å². The molecule has 0 aliphatic carbocycles. The molecule has 2 rings (SSSR count). The van der Waals surface area contributed by atoms with Crippen LogP contribution in [0.2, 0.25) is 0 Å². The van der Waals surface area contributed by atoms with Gasteiger partial charge in [-0.2, -0.15) is 5.10 Å². The lowest BCUT2D eigenvalue weighted by Crippen LogP contribution is -2.20. The summed E-state index contributed by atoms with van der Waals surface area (Å²) in [5, 5.41) is 4.55. The van der Waals surface area contributed by atoms with Crippen molar-refractivity contribution in [3.63, 3.8) is 0 Å². The number of aromatic nitrogens is 4. The summed E-state index contributed by atoms with van der Waals surface area (Å²) in [5.41, 5.74) is 8.18. The fourth-order valence-electron chi connectivity index (χ4n) is 2.76. The number of aryl methyl sites for hydroxylation is 3. The molecule has 2 N–H and O–H groups in total. The first-order valence-electron chi connectivity index (χ1n) is 7.26. The predicted molar refractivity (Wildman–Crippen MR) is 83.4 cm³/mol. The summed E-state index contributed by atoms with van der Waals surface area (Å²) in [6.45, 7) is 4.09. The molecule has 2 aromatic rings. The van der Waals surface area contributed by atoms with Gasteiger partial charge < -0.3 is 10.3 Å². The Balaban J connectivity index is 2.58. The first kappa shape index (κ1) is 15.8. The fraction of sp³-hybridized carbons (Fsp3) is 0.643. The Bertz CT molecular complexity index is 645. The number of halogens is 1. The molecule has 0 aliphatic rings. The van der Waals surface area contributed by atoms with Gasteiger partial charge in [0, 0.05) is 31.8 Å². The molecule has 0 aromatic carbocycles.